The summed E-state index contributed by atoms with van der Waals surface area (Å²) in [5, 5.41) is 28.8. The molecule has 0 amide bonds. The summed E-state index contributed by atoms with van der Waals surface area (Å²) in [5.41, 5.74) is -1.89. The van der Waals surface area contributed by atoms with Gasteiger partial charge >= 0.3 is 0 Å². The number of hydrogen-bond donors (Lipinski definition) is 6. The number of hydrogen-bond acceptors (Lipinski definition) is 8. The number of anilines is 2. The summed E-state index contributed by atoms with van der Waals surface area (Å²) in [4.78, 5) is 10.6. The lowest BCUT2D eigenvalue weighted by Gasteiger charge is -2.10. The second kappa shape index (κ2) is 18.9. The summed E-state index contributed by atoms with van der Waals surface area (Å²) in [5.74, 6) is -16.5. The van der Waals surface area contributed by atoms with Gasteiger partial charge in [-0.15, -0.1) is 12.4 Å². The predicted octanol–water partition coefficient (Wildman–Crippen LogP) is 5.74. The summed E-state index contributed by atoms with van der Waals surface area (Å²) >= 11 is 4.89. The Balaban J connectivity index is 0. The van der Waals surface area contributed by atoms with Crippen molar-refractivity contribution in [2.45, 2.75) is 19.8 Å². The van der Waals surface area contributed by atoms with Gasteiger partial charge in [0.05, 0.1) is 0 Å². The van der Waals surface area contributed by atoms with Crippen LogP contribution in [0.25, 0.3) is 0 Å². The molecule has 0 saturated carbocycles. The van der Waals surface area contributed by atoms with Crippen molar-refractivity contribution in [2.24, 2.45) is 0 Å². The predicted molar refractivity (Wildman–Crippen MR) is 134 cm³/mol. The summed E-state index contributed by atoms with van der Waals surface area (Å²) in [7, 11) is 1.00. The van der Waals surface area contributed by atoms with Crippen LogP contribution in [0.2, 0.25) is 0 Å². The minimum absolute atomic E-state index is 0. The first-order valence-electron chi connectivity index (χ1n) is 10.1. The average molecular weight is 621 g/mol. The number of rotatable bonds is 9. The molecule has 0 radical (unpaired) electrons. The molecule has 0 aromatic heterocycles. The van der Waals surface area contributed by atoms with Gasteiger partial charge in [0.25, 0.3) is 0 Å². The van der Waals surface area contributed by atoms with Crippen molar-refractivity contribution < 1.29 is 55.2 Å². The molecule has 5 N–H and O–H groups in total. The minimum Gasteiger partial charge on any atom is -0.503 e. The molecule has 2 rings (SSSR count). The molecule has 0 aliphatic carbocycles. The van der Waals surface area contributed by atoms with Gasteiger partial charge in [0.2, 0.25) is 23.3 Å². The smallest absolute Gasteiger partial charge is 0.205 e. The molecule has 0 unspecified atom stereocenters. The maximum Gasteiger partial charge on any atom is 0.205 e. The molecule has 38 heavy (non-hydrogen) atoms. The van der Waals surface area contributed by atoms with Crippen molar-refractivity contribution in [1.82, 2.24) is 0 Å². The molecular weight excluding hydrogens is 596 g/mol. The fraction of sp³-hybridized carbons (Fsp3) is 0.381. The van der Waals surface area contributed by atoms with Crippen LogP contribution in [0.1, 0.15) is 19.8 Å². The zero-order valence-electron chi connectivity index (χ0n) is 19.8. The average Bonchev–Trinajstić information content (AvgIpc) is 2.89. The van der Waals surface area contributed by atoms with Crippen LogP contribution in [0, 0.1) is 46.5 Å². The Morgan fingerprint density at radius 1 is 0.711 bits per heavy atom. The van der Waals surface area contributed by atoms with Gasteiger partial charge in [-0.3, -0.25) is 4.79 Å². The van der Waals surface area contributed by atoms with Crippen LogP contribution in [-0.2, 0) is 4.79 Å². The molecule has 6 nitrogen and oxygen atoms in total. The van der Waals surface area contributed by atoms with E-state index in [0.717, 1.165) is 18.9 Å². The van der Waals surface area contributed by atoms with Crippen molar-refractivity contribution in [3.63, 3.8) is 0 Å². The summed E-state index contributed by atoms with van der Waals surface area (Å²) in [6.45, 7) is 1.51. The molecule has 0 spiro atoms. The van der Waals surface area contributed by atoms with Crippen molar-refractivity contribution in [3.05, 3.63) is 46.5 Å². The lowest BCUT2D eigenvalue weighted by Crippen LogP contribution is -2.10. The van der Waals surface area contributed by atoms with E-state index in [9.17, 15) is 39.9 Å². The normalized spacial score (nSPS) is 9.89. The van der Waals surface area contributed by atoms with Crippen LogP contribution < -0.4 is 10.6 Å². The fourth-order valence-electron chi connectivity index (χ4n) is 2.34. The van der Waals surface area contributed by atoms with Crippen LogP contribution in [0.3, 0.4) is 0 Å². The molecule has 2 aromatic rings. The number of benzene rings is 2. The Morgan fingerprint density at radius 2 is 1.03 bits per heavy atom. The number of aromatic hydroxyl groups is 2. The maximum atomic E-state index is 13.3. The number of thioether (sulfide) groups is 1. The second-order valence-corrected chi connectivity index (χ2v) is 8.30. The van der Waals surface area contributed by atoms with E-state index in [1.165, 1.54) is 6.92 Å². The standard InChI is InChI=1S/C11H11F4NO2S.C9H9F4NOS.CH4O.ClH/c1-5(17)19-4-2-3-16-10-6(12)8(14)11(18)9(15)7(10)13;10-4-6(12)9(15)7(13)5(11)8(4)14-2-1-3-16;1-2;/h16,18H,2-4H2,1H3;14-16H,1-3H2;2H,1H3;1H. The number of thiol groups is 1. The third kappa shape index (κ3) is 10.5. The third-order valence-electron chi connectivity index (χ3n) is 4.05. The molecule has 17 heteroatoms. The van der Waals surface area contributed by atoms with Crippen LogP contribution >= 0.6 is 36.8 Å². The van der Waals surface area contributed by atoms with E-state index in [-0.39, 0.29) is 30.6 Å². The molecule has 0 fully saturated rings. The van der Waals surface area contributed by atoms with Gasteiger partial charge in [0.15, 0.2) is 39.9 Å². The van der Waals surface area contributed by atoms with Gasteiger partial charge < -0.3 is 26.0 Å². The van der Waals surface area contributed by atoms with Gasteiger partial charge in [-0.2, -0.15) is 30.2 Å². The van der Waals surface area contributed by atoms with E-state index < -0.39 is 69.4 Å². The summed E-state index contributed by atoms with van der Waals surface area (Å²) in [6, 6.07) is 0. The highest BCUT2D eigenvalue weighted by atomic mass is 35.5. The largest absolute Gasteiger partial charge is 0.503 e. The molecule has 218 valence electrons. The minimum atomic E-state index is -1.85. The van der Waals surface area contributed by atoms with Crippen molar-refractivity contribution >= 4 is 53.3 Å². The number of phenols is 2. The van der Waals surface area contributed by atoms with Crippen LogP contribution in [-0.4, -0.2) is 52.1 Å². The van der Waals surface area contributed by atoms with Gasteiger partial charge in [-0.1, -0.05) is 11.8 Å². The molecule has 0 saturated heterocycles. The summed E-state index contributed by atoms with van der Waals surface area (Å²) in [6.07, 6.45) is 0.833. The Morgan fingerprint density at radius 3 is 1.32 bits per heavy atom. The fourth-order valence-corrected chi connectivity index (χ4v) is 3.08. The first-order chi connectivity index (χ1) is 17.4. The topological polar surface area (TPSA) is 102 Å². The second-order valence-electron chi connectivity index (χ2n) is 6.58. The molecule has 0 heterocycles. The van der Waals surface area contributed by atoms with Gasteiger partial charge in [-0.05, 0) is 18.6 Å². The lowest BCUT2D eigenvalue weighted by atomic mass is 10.2. The Bertz CT molecular complexity index is 1010. The number of carbonyl (C=O) groups excluding carboxylic acids is 1. The molecule has 0 atom stereocenters. The molecule has 2 aromatic carbocycles. The number of aliphatic hydroxyl groups is 1. The monoisotopic (exact) mass is 620 g/mol. The van der Waals surface area contributed by atoms with Gasteiger partial charge in [-0.25, -0.2) is 17.6 Å². The number of halogens is 9. The van der Waals surface area contributed by atoms with E-state index in [1.54, 1.807) is 0 Å². The Kier molecular flexibility index (Phi) is 18.8. The van der Waals surface area contributed by atoms with E-state index in [2.05, 4.69) is 23.3 Å². The highest BCUT2D eigenvalue weighted by Crippen LogP contribution is 2.33. The van der Waals surface area contributed by atoms with Crippen molar-refractivity contribution in [1.29, 1.82) is 0 Å². The van der Waals surface area contributed by atoms with Crippen molar-refractivity contribution in [3.8, 4) is 11.5 Å². The number of nitrogens with one attached hydrogen (secondary N) is 2. The highest BCUT2D eigenvalue weighted by molar-refractivity contribution is 8.13. The van der Waals surface area contributed by atoms with E-state index in [1.807, 2.05) is 0 Å². The van der Waals surface area contributed by atoms with Gasteiger partial charge in [0.1, 0.15) is 11.4 Å². The zero-order valence-corrected chi connectivity index (χ0v) is 22.3. The highest BCUT2D eigenvalue weighted by Gasteiger charge is 2.25. The first-order valence-corrected chi connectivity index (χ1v) is 11.7. The Hall–Kier alpha value is -2.30. The molecular formula is C21H25ClF8N2O4S2. The van der Waals surface area contributed by atoms with E-state index in [0.29, 0.717) is 24.3 Å². The quantitative estimate of drug-likeness (QED) is 0.0699. The molecule has 0 aliphatic heterocycles. The molecule has 0 aliphatic rings. The number of phenolic OH excluding ortho intramolecular Hbond substituents is 2. The van der Waals surface area contributed by atoms with Crippen molar-refractivity contribution in [2.75, 3.05) is 42.3 Å². The van der Waals surface area contributed by atoms with E-state index >= 15 is 0 Å². The van der Waals surface area contributed by atoms with Crippen LogP contribution in [0.15, 0.2) is 0 Å². The maximum absolute atomic E-state index is 13.3. The Labute approximate surface area is 228 Å². The van der Waals surface area contributed by atoms with Crippen LogP contribution in [0.5, 0.6) is 11.5 Å². The number of carbonyl (C=O) groups is 1. The van der Waals surface area contributed by atoms with Crippen LogP contribution in [0.4, 0.5) is 46.5 Å². The SMILES string of the molecule is CC(=O)SCCCNc1c(F)c(F)c(O)c(F)c1F.CO.Cl.Oc1c(F)c(F)c(NCCCS)c(F)c1F. The lowest BCUT2D eigenvalue weighted by molar-refractivity contribution is -0.109. The third-order valence-corrected chi connectivity index (χ3v) is 5.26. The number of aliphatic hydroxyl groups excluding tert-OH is 1. The van der Waals surface area contributed by atoms with Gasteiger partial charge in [0, 0.05) is 32.9 Å². The molecule has 0 bridgehead atoms. The van der Waals surface area contributed by atoms with E-state index in [4.69, 9.17) is 15.3 Å². The first kappa shape index (κ1) is 37.9. The summed E-state index contributed by atoms with van der Waals surface area (Å²) < 4.78 is 104. The zero-order chi connectivity index (χ0) is 28.9.